The third-order valence-electron chi connectivity index (χ3n) is 6.96. The van der Waals surface area contributed by atoms with E-state index in [2.05, 4.69) is 4.98 Å². The van der Waals surface area contributed by atoms with Crippen molar-refractivity contribution in [3.63, 3.8) is 0 Å². The van der Waals surface area contributed by atoms with Crippen LogP contribution in [0.25, 0.3) is 22.0 Å². The van der Waals surface area contributed by atoms with E-state index in [9.17, 15) is 19.1 Å². The zero-order valence-corrected chi connectivity index (χ0v) is 21.7. The Balaban J connectivity index is 1.54. The van der Waals surface area contributed by atoms with Crippen LogP contribution in [0.2, 0.25) is 10.0 Å². The van der Waals surface area contributed by atoms with Gasteiger partial charge in [0.1, 0.15) is 11.6 Å². The minimum absolute atomic E-state index is 0.131. The van der Waals surface area contributed by atoms with Gasteiger partial charge in [-0.2, -0.15) is 0 Å². The molecule has 1 amide bonds. The summed E-state index contributed by atoms with van der Waals surface area (Å²) in [6.07, 6.45) is 2.35. The molecule has 2 atom stereocenters. The number of fused-ring (bicyclic) bond motifs is 1. The van der Waals surface area contributed by atoms with Gasteiger partial charge in [-0.05, 0) is 75.4 Å². The SMILES string of the molecule is C[C@@H](Oc1ccc2c(-c3c(Cl)cc(F)cc3Cl)ccnc2c1)C(=O)N1CCCC(C(C)(C)C(=O)O)C1. The number of pyridine rings is 1. The van der Waals surface area contributed by atoms with E-state index in [0.717, 1.165) is 18.2 Å². The zero-order valence-electron chi connectivity index (χ0n) is 20.2. The maximum Gasteiger partial charge on any atom is 0.309 e. The molecule has 1 fully saturated rings. The molecule has 2 aromatic carbocycles. The summed E-state index contributed by atoms with van der Waals surface area (Å²) in [5.41, 5.74) is 0.892. The van der Waals surface area contributed by atoms with E-state index in [1.807, 2.05) is 0 Å². The van der Waals surface area contributed by atoms with Crippen LogP contribution in [0.4, 0.5) is 4.39 Å². The van der Waals surface area contributed by atoms with Gasteiger partial charge in [0.05, 0.1) is 21.0 Å². The first-order valence-corrected chi connectivity index (χ1v) is 12.5. The number of aromatic nitrogens is 1. The lowest BCUT2D eigenvalue weighted by molar-refractivity contribution is -0.154. The smallest absolute Gasteiger partial charge is 0.309 e. The highest BCUT2D eigenvalue weighted by molar-refractivity contribution is 6.39. The molecule has 2 heterocycles. The number of amides is 1. The Labute approximate surface area is 219 Å². The van der Waals surface area contributed by atoms with Crippen molar-refractivity contribution in [2.45, 2.75) is 39.7 Å². The van der Waals surface area contributed by atoms with Gasteiger partial charge >= 0.3 is 5.97 Å². The fraction of sp³-hybridized carbons (Fsp3) is 0.370. The van der Waals surface area contributed by atoms with E-state index in [-0.39, 0.29) is 21.9 Å². The third-order valence-corrected chi connectivity index (χ3v) is 7.55. The van der Waals surface area contributed by atoms with Crippen LogP contribution in [0, 0.1) is 17.2 Å². The number of hydrogen-bond acceptors (Lipinski definition) is 4. The molecule has 3 aromatic rings. The predicted octanol–water partition coefficient (Wildman–Crippen LogP) is 6.46. The number of benzene rings is 2. The first kappa shape index (κ1) is 26.2. The molecule has 1 aromatic heterocycles. The number of rotatable bonds is 6. The number of carbonyl (C=O) groups excluding carboxylic acids is 1. The Kier molecular flexibility index (Phi) is 7.43. The van der Waals surface area contributed by atoms with E-state index in [4.69, 9.17) is 27.9 Å². The Morgan fingerprint density at radius 1 is 1.19 bits per heavy atom. The predicted molar refractivity (Wildman–Crippen MR) is 138 cm³/mol. The second-order valence-electron chi connectivity index (χ2n) is 9.69. The summed E-state index contributed by atoms with van der Waals surface area (Å²) in [6.45, 7) is 6.04. The van der Waals surface area contributed by atoms with Gasteiger partial charge in [-0.1, -0.05) is 23.2 Å². The van der Waals surface area contributed by atoms with E-state index in [0.29, 0.717) is 35.5 Å². The number of likely N-dealkylation sites (tertiary alicyclic amines) is 1. The van der Waals surface area contributed by atoms with Gasteiger partial charge in [-0.3, -0.25) is 14.6 Å². The molecule has 0 radical (unpaired) electrons. The molecule has 1 unspecified atom stereocenters. The van der Waals surface area contributed by atoms with Crippen molar-refractivity contribution in [2.75, 3.05) is 13.1 Å². The maximum absolute atomic E-state index is 13.7. The monoisotopic (exact) mass is 532 g/mol. The molecule has 190 valence electrons. The van der Waals surface area contributed by atoms with Crippen molar-refractivity contribution in [3.05, 3.63) is 58.5 Å². The van der Waals surface area contributed by atoms with Crippen LogP contribution < -0.4 is 4.74 Å². The molecule has 1 saturated heterocycles. The molecule has 1 aliphatic rings. The van der Waals surface area contributed by atoms with Gasteiger partial charge in [0.25, 0.3) is 5.91 Å². The number of piperidine rings is 1. The second-order valence-corrected chi connectivity index (χ2v) is 10.5. The third kappa shape index (κ3) is 5.13. The highest BCUT2D eigenvalue weighted by atomic mass is 35.5. The van der Waals surface area contributed by atoms with Crippen molar-refractivity contribution in [2.24, 2.45) is 11.3 Å². The molecule has 36 heavy (non-hydrogen) atoms. The van der Waals surface area contributed by atoms with Gasteiger partial charge in [0.2, 0.25) is 0 Å². The fourth-order valence-corrected chi connectivity index (χ4v) is 5.34. The van der Waals surface area contributed by atoms with Crippen molar-refractivity contribution in [3.8, 4) is 16.9 Å². The molecule has 6 nitrogen and oxygen atoms in total. The minimum atomic E-state index is -0.916. The molecule has 1 aliphatic heterocycles. The molecule has 0 saturated carbocycles. The van der Waals surface area contributed by atoms with Crippen LogP contribution in [0.5, 0.6) is 5.75 Å². The number of hydrogen-bond donors (Lipinski definition) is 1. The summed E-state index contributed by atoms with van der Waals surface area (Å²) in [4.78, 5) is 30.9. The van der Waals surface area contributed by atoms with Crippen molar-refractivity contribution < 1.29 is 23.8 Å². The highest BCUT2D eigenvalue weighted by Crippen LogP contribution is 2.39. The molecule has 1 N–H and O–H groups in total. The standard InChI is InChI=1S/C27H27Cl2FN2O4/c1-15(25(33)32-10-4-5-16(14-32)27(2,3)26(34)35)36-18-6-7-19-20(8-9-31-23(19)13-18)24-21(28)11-17(30)12-22(24)29/h6-9,11-13,15-16H,4-5,10,14H2,1-3H3,(H,34,35)/t15-,16?/m1/s1. The van der Waals surface area contributed by atoms with Gasteiger partial charge in [0.15, 0.2) is 6.10 Å². The Bertz CT molecular complexity index is 1310. The number of ether oxygens (including phenoxy) is 1. The highest BCUT2D eigenvalue weighted by Gasteiger charge is 2.40. The van der Waals surface area contributed by atoms with E-state index >= 15 is 0 Å². The molecular formula is C27H27Cl2FN2O4. The number of aliphatic carboxylic acids is 1. The lowest BCUT2D eigenvalue weighted by Crippen LogP contribution is -2.50. The Morgan fingerprint density at radius 2 is 1.89 bits per heavy atom. The molecular weight excluding hydrogens is 506 g/mol. The number of carboxylic acid groups (broad SMARTS) is 1. The second kappa shape index (κ2) is 10.2. The lowest BCUT2D eigenvalue weighted by Gasteiger charge is -2.40. The number of carboxylic acids is 1. The normalized spacial score (nSPS) is 17.2. The number of nitrogens with zero attached hydrogens (tertiary/aromatic N) is 2. The fourth-order valence-electron chi connectivity index (χ4n) is 4.67. The van der Waals surface area contributed by atoms with Crippen LogP contribution in [-0.4, -0.2) is 46.1 Å². The average Bonchev–Trinajstić information content (AvgIpc) is 2.83. The largest absolute Gasteiger partial charge is 0.481 e. The van der Waals surface area contributed by atoms with Gasteiger partial charge < -0.3 is 14.7 Å². The quantitative estimate of drug-likeness (QED) is 0.393. The Hall–Kier alpha value is -2.90. The minimum Gasteiger partial charge on any atom is -0.481 e. The van der Waals surface area contributed by atoms with Crippen LogP contribution in [-0.2, 0) is 9.59 Å². The summed E-state index contributed by atoms with van der Waals surface area (Å²) < 4.78 is 19.6. The lowest BCUT2D eigenvalue weighted by atomic mass is 9.74. The summed E-state index contributed by atoms with van der Waals surface area (Å²) in [5.74, 6) is -1.24. The van der Waals surface area contributed by atoms with E-state index in [1.165, 1.54) is 12.1 Å². The number of halogens is 3. The number of carbonyl (C=O) groups is 2. The first-order valence-electron chi connectivity index (χ1n) is 11.7. The summed E-state index contributed by atoms with van der Waals surface area (Å²) >= 11 is 12.6. The topological polar surface area (TPSA) is 79.7 Å². The van der Waals surface area contributed by atoms with Crippen LogP contribution in [0.15, 0.2) is 42.6 Å². The summed E-state index contributed by atoms with van der Waals surface area (Å²) in [7, 11) is 0. The van der Waals surface area contributed by atoms with Crippen LogP contribution in [0.1, 0.15) is 33.6 Å². The molecule has 0 aliphatic carbocycles. The summed E-state index contributed by atoms with van der Waals surface area (Å²) in [5, 5.41) is 10.7. The molecule has 0 bridgehead atoms. The van der Waals surface area contributed by atoms with Crippen molar-refractivity contribution in [1.29, 1.82) is 0 Å². The summed E-state index contributed by atoms with van der Waals surface area (Å²) in [6, 6.07) is 9.43. The molecule has 4 rings (SSSR count). The van der Waals surface area contributed by atoms with Crippen molar-refractivity contribution >= 4 is 46.0 Å². The molecule has 9 heteroatoms. The van der Waals surface area contributed by atoms with E-state index in [1.54, 1.807) is 56.1 Å². The zero-order chi connectivity index (χ0) is 26.2. The maximum atomic E-state index is 13.7. The van der Waals surface area contributed by atoms with Crippen molar-refractivity contribution in [1.82, 2.24) is 9.88 Å². The first-order chi connectivity index (χ1) is 17.0. The van der Waals surface area contributed by atoms with Gasteiger partial charge in [0, 0.05) is 36.3 Å². The van der Waals surface area contributed by atoms with Gasteiger partial charge in [-0.25, -0.2) is 4.39 Å². The Morgan fingerprint density at radius 3 is 2.56 bits per heavy atom. The molecule has 0 spiro atoms. The average molecular weight is 533 g/mol. The van der Waals surface area contributed by atoms with Crippen LogP contribution >= 0.6 is 23.2 Å². The van der Waals surface area contributed by atoms with Crippen LogP contribution in [0.3, 0.4) is 0 Å². The van der Waals surface area contributed by atoms with E-state index < -0.39 is 23.3 Å². The van der Waals surface area contributed by atoms with Gasteiger partial charge in [-0.15, -0.1) is 0 Å².